The van der Waals surface area contributed by atoms with Crippen molar-refractivity contribution in [3.63, 3.8) is 0 Å². The molecule has 12 heavy (non-hydrogen) atoms. The van der Waals surface area contributed by atoms with Crippen LogP contribution in [-0.2, 0) is 0 Å². The lowest BCUT2D eigenvalue weighted by atomic mass is 9.77. The van der Waals surface area contributed by atoms with Crippen LogP contribution in [0.15, 0.2) is 0 Å². The molecule has 0 saturated heterocycles. The van der Waals surface area contributed by atoms with Crippen LogP contribution in [0.3, 0.4) is 0 Å². The highest BCUT2D eigenvalue weighted by atomic mass is 14.4. The second kappa shape index (κ2) is 3.81. The van der Waals surface area contributed by atoms with Crippen LogP contribution in [-0.4, -0.2) is 0 Å². The fourth-order valence-corrected chi connectivity index (χ4v) is 2.58. The third-order valence-electron chi connectivity index (χ3n) is 3.97. The van der Waals surface area contributed by atoms with E-state index >= 15 is 0 Å². The molecule has 72 valence electrons. The quantitative estimate of drug-likeness (QED) is 0.591. The van der Waals surface area contributed by atoms with Crippen molar-refractivity contribution in [3.8, 4) is 0 Å². The Morgan fingerprint density at radius 1 is 1.42 bits per heavy atom. The van der Waals surface area contributed by atoms with Gasteiger partial charge in [0.25, 0.3) is 0 Å². The van der Waals surface area contributed by atoms with Crippen LogP contribution >= 0.6 is 0 Å². The zero-order chi connectivity index (χ0) is 9.19. The lowest BCUT2D eigenvalue weighted by molar-refractivity contribution is 0.216. The van der Waals surface area contributed by atoms with Crippen LogP contribution in [0, 0.1) is 17.3 Å². The second-order valence-electron chi connectivity index (χ2n) is 5.21. The first-order valence-corrected chi connectivity index (χ1v) is 5.58. The van der Waals surface area contributed by atoms with Gasteiger partial charge in [-0.25, -0.2) is 0 Å². The SMILES string of the molecule is CCCC1CCC(C)(C(C)C)C1. The van der Waals surface area contributed by atoms with E-state index in [0.29, 0.717) is 5.41 Å². The van der Waals surface area contributed by atoms with Crippen LogP contribution < -0.4 is 0 Å². The average molecular weight is 168 g/mol. The first-order valence-electron chi connectivity index (χ1n) is 5.58. The monoisotopic (exact) mass is 168 g/mol. The molecular weight excluding hydrogens is 144 g/mol. The molecule has 0 aromatic heterocycles. The minimum absolute atomic E-state index is 0.667. The average Bonchev–Trinajstić information content (AvgIpc) is 2.34. The fourth-order valence-electron chi connectivity index (χ4n) is 2.58. The van der Waals surface area contributed by atoms with Gasteiger partial charge in [-0.2, -0.15) is 0 Å². The van der Waals surface area contributed by atoms with Crippen LogP contribution in [0.25, 0.3) is 0 Å². The summed E-state index contributed by atoms with van der Waals surface area (Å²) in [6.07, 6.45) is 7.28. The molecule has 0 aromatic carbocycles. The highest BCUT2D eigenvalue weighted by Gasteiger charge is 2.36. The topological polar surface area (TPSA) is 0 Å². The predicted molar refractivity (Wildman–Crippen MR) is 55.2 cm³/mol. The maximum atomic E-state index is 2.48. The molecule has 2 unspecified atom stereocenters. The summed E-state index contributed by atoms with van der Waals surface area (Å²) < 4.78 is 0. The van der Waals surface area contributed by atoms with E-state index in [1.165, 1.54) is 32.1 Å². The minimum atomic E-state index is 0.667. The molecule has 2 atom stereocenters. The summed E-state index contributed by atoms with van der Waals surface area (Å²) in [6.45, 7) is 9.56. The molecule has 0 heteroatoms. The van der Waals surface area contributed by atoms with Gasteiger partial charge in [0.05, 0.1) is 0 Å². The Hall–Kier alpha value is 0. The molecule has 0 heterocycles. The van der Waals surface area contributed by atoms with Crippen LogP contribution in [0.2, 0.25) is 0 Å². The summed E-state index contributed by atoms with van der Waals surface area (Å²) in [7, 11) is 0. The maximum absolute atomic E-state index is 2.48. The van der Waals surface area contributed by atoms with Gasteiger partial charge in [0, 0.05) is 0 Å². The first kappa shape index (κ1) is 10.1. The van der Waals surface area contributed by atoms with Crippen molar-refractivity contribution in [3.05, 3.63) is 0 Å². The van der Waals surface area contributed by atoms with E-state index in [4.69, 9.17) is 0 Å². The summed E-state index contributed by atoms with van der Waals surface area (Å²) in [6, 6.07) is 0. The van der Waals surface area contributed by atoms with E-state index < -0.39 is 0 Å². The Morgan fingerprint density at radius 2 is 2.08 bits per heavy atom. The van der Waals surface area contributed by atoms with E-state index in [1.54, 1.807) is 0 Å². The van der Waals surface area contributed by atoms with E-state index in [2.05, 4.69) is 27.7 Å². The lowest BCUT2D eigenvalue weighted by Gasteiger charge is -2.29. The van der Waals surface area contributed by atoms with Crippen LogP contribution in [0.5, 0.6) is 0 Å². The van der Waals surface area contributed by atoms with E-state index in [-0.39, 0.29) is 0 Å². The molecule has 0 N–H and O–H groups in total. The van der Waals surface area contributed by atoms with Crippen LogP contribution in [0.4, 0.5) is 0 Å². The molecule has 0 nitrogen and oxygen atoms in total. The Kier molecular flexibility index (Phi) is 3.20. The molecule has 1 saturated carbocycles. The van der Waals surface area contributed by atoms with E-state index in [9.17, 15) is 0 Å². The Balaban J connectivity index is 2.43. The molecule has 1 fully saturated rings. The zero-order valence-electron chi connectivity index (χ0n) is 9.19. The third kappa shape index (κ3) is 2.02. The molecule has 0 amide bonds. The highest BCUT2D eigenvalue weighted by Crippen LogP contribution is 2.47. The van der Waals surface area contributed by atoms with Crippen molar-refractivity contribution in [2.24, 2.45) is 17.3 Å². The number of rotatable bonds is 3. The number of hydrogen-bond acceptors (Lipinski definition) is 0. The first-order chi connectivity index (χ1) is 5.58. The molecule has 0 aromatic rings. The zero-order valence-corrected chi connectivity index (χ0v) is 9.19. The summed E-state index contributed by atoms with van der Waals surface area (Å²) in [5, 5.41) is 0. The molecule has 1 rings (SSSR count). The summed E-state index contributed by atoms with van der Waals surface area (Å²) >= 11 is 0. The second-order valence-corrected chi connectivity index (χ2v) is 5.21. The van der Waals surface area contributed by atoms with Gasteiger partial charge in [0.1, 0.15) is 0 Å². The van der Waals surface area contributed by atoms with Crippen molar-refractivity contribution in [1.29, 1.82) is 0 Å². The molecule has 0 spiro atoms. The Bertz CT molecular complexity index is 137. The van der Waals surface area contributed by atoms with E-state index in [0.717, 1.165) is 11.8 Å². The molecule has 1 aliphatic carbocycles. The smallest absolute Gasteiger partial charge is 0.0300 e. The summed E-state index contributed by atoms with van der Waals surface area (Å²) in [5.41, 5.74) is 0.667. The van der Waals surface area contributed by atoms with Crippen LogP contribution in [0.1, 0.15) is 59.8 Å². The van der Waals surface area contributed by atoms with Gasteiger partial charge in [0.15, 0.2) is 0 Å². The standard InChI is InChI=1S/C12H24/c1-5-6-11-7-8-12(4,9-11)10(2)3/h10-11H,5-9H2,1-4H3. The molecular formula is C12H24. The lowest BCUT2D eigenvalue weighted by Crippen LogP contribution is -2.19. The van der Waals surface area contributed by atoms with Gasteiger partial charge in [-0.15, -0.1) is 0 Å². The Labute approximate surface area is 77.7 Å². The van der Waals surface area contributed by atoms with Gasteiger partial charge in [-0.1, -0.05) is 40.5 Å². The van der Waals surface area contributed by atoms with Gasteiger partial charge < -0.3 is 0 Å². The van der Waals surface area contributed by atoms with Crippen molar-refractivity contribution in [1.82, 2.24) is 0 Å². The molecule has 0 bridgehead atoms. The van der Waals surface area contributed by atoms with Crippen molar-refractivity contribution < 1.29 is 0 Å². The van der Waals surface area contributed by atoms with Crippen molar-refractivity contribution >= 4 is 0 Å². The molecule has 1 aliphatic rings. The van der Waals surface area contributed by atoms with E-state index in [1.807, 2.05) is 0 Å². The van der Waals surface area contributed by atoms with Crippen molar-refractivity contribution in [2.45, 2.75) is 59.8 Å². The molecule has 0 radical (unpaired) electrons. The normalized spacial score (nSPS) is 36.2. The third-order valence-corrected chi connectivity index (χ3v) is 3.97. The largest absolute Gasteiger partial charge is 0.0654 e. The molecule has 0 aliphatic heterocycles. The van der Waals surface area contributed by atoms with Gasteiger partial charge in [0.2, 0.25) is 0 Å². The maximum Gasteiger partial charge on any atom is -0.0300 e. The van der Waals surface area contributed by atoms with Gasteiger partial charge >= 0.3 is 0 Å². The highest BCUT2D eigenvalue weighted by molar-refractivity contribution is 4.87. The number of hydrogen-bond donors (Lipinski definition) is 0. The van der Waals surface area contributed by atoms with Crippen molar-refractivity contribution in [2.75, 3.05) is 0 Å². The minimum Gasteiger partial charge on any atom is -0.0654 e. The predicted octanol–water partition coefficient (Wildman–Crippen LogP) is 4.25. The van der Waals surface area contributed by atoms with Gasteiger partial charge in [-0.3, -0.25) is 0 Å². The van der Waals surface area contributed by atoms with Gasteiger partial charge in [-0.05, 0) is 36.5 Å². The fraction of sp³-hybridized carbons (Fsp3) is 1.00. The summed E-state index contributed by atoms with van der Waals surface area (Å²) in [5.74, 6) is 1.92. The Morgan fingerprint density at radius 3 is 2.50 bits per heavy atom. The summed E-state index contributed by atoms with van der Waals surface area (Å²) in [4.78, 5) is 0.